The van der Waals surface area contributed by atoms with Crippen molar-refractivity contribution < 1.29 is 10.0 Å². The Morgan fingerprint density at radius 1 is 1.50 bits per heavy atom. The normalized spacial score (nSPS) is 11.7. The van der Waals surface area contributed by atoms with Crippen LogP contribution < -0.4 is 5.32 Å². The van der Waals surface area contributed by atoms with Crippen molar-refractivity contribution in [1.82, 2.24) is 9.78 Å². The zero-order valence-corrected chi connectivity index (χ0v) is 12.6. The number of aliphatic hydroxyl groups excluding tert-OH is 1. The third-order valence-electron chi connectivity index (χ3n) is 3.32. The van der Waals surface area contributed by atoms with Gasteiger partial charge >= 0.3 is 5.69 Å². The number of hydrogen-bond acceptors (Lipinski definition) is 5. The molecule has 1 aromatic heterocycles. The lowest BCUT2D eigenvalue weighted by Crippen LogP contribution is -2.25. The summed E-state index contributed by atoms with van der Waals surface area (Å²) in [6.45, 7) is 9.02. The van der Waals surface area contributed by atoms with Gasteiger partial charge in [-0.15, -0.1) is 0 Å². The minimum atomic E-state index is -0.391. The monoisotopic (exact) mass is 284 g/mol. The molecule has 2 N–H and O–H groups in total. The number of aryl methyl sites for hydroxylation is 2. The average molecular weight is 284 g/mol. The summed E-state index contributed by atoms with van der Waals surface area (Å²) in [5, 5.41) is 27.4. The molecule has 7 heteroatoms. The first-order valence-electron chi connectivity index (χ1n) is 6.89. The Hall–Kier alpha value is -1.63. The molecule has 0 bridgehead atoms. The molecular formula is C13H24N4O3. The van der Waals surface area contributed by atoms with E-state index in [1.807, 2.05) is 6.92 Å². The predicted molar refractivity (Wildman–Crippen MR) is 77.9 cm³/mol. The maximum atomic E-state index is 11.1. The van der Waals surface area contributed by atoms with Crippen molar-refractivity contribution in [2.75, 3.05) is 18.5 Å². The Morgan fingerprint density at radius 2 is 2.15 bits per heavy atom. The van der Waals surface area contributed by atoms with Crippen molar-refractivity contribution in [3.05, 3.63) is 15.8 Å². The second-order valence-electron chi connectivity index (χ2n) is 5.70. The molecule has 0 saturated heterocycles. The first kappa shape index (κ1) is 16.4. The zero-order valence-electron chi connectivity index (χ0n) is 12.6. The van der Waals surface area contributed by atoms with Crippen molar-refractivity contribution in [3.8, 4) is 0 Å². The van der Waals surface area contributed by atoms with Crippen LogP contribution >= 0.6 is 0 Å². The van der Waals surface area contributed by atoms with Gasteiger partial charge in [-0.1, -0.05) is 13.8 Å². The molecule has 0 saturated carbocycles. The number of anilines is 1. The number of nitrogens with zero attached hydrogens (tertiary/aromatic N) is 3. The van der Waals surface area contributed by atoms with Crippen molar-refractivity contribution in [2.45, 2.75) is 47.1 Å². The highest BCUT2D eigenvalue weighted by atomic mass is 16.6. The molecule has 0 aliphatic carbocycles. The first-order valence-corrected chi connectivity index (χ1v) is 6.89. The summed E-state index contributed by atoms with van der Waals surface area (Å²) >= 11 is 0. The largest absolute Gasteiger partial charge is 0.396 e. The number of hydrogen-bond donors (Lipinski definition) is 2. The lowest BCUT2D eigenvalue weighted by atomic mass is 9.88. The Labute approximate surface area is 119 Å². The predicted octanol–water partition coefficient (Wildman–Crippen LogP) is 2.33. The van der Waals surface area contributed by atoms with E-state index in [0.29, 0.717) is 24.6 Å². The molecule has 0 aliphatic rings. The molecule has 1 heterocycles. The van der Waals surface area contributed by atoms with Crippen LogP contribution in [0.5, 0.6) is 0 Å². The summed E-state index contributed by atoms with van der Waals surface area (Å²) in [7, 11) is 0. The van der Waals surface area contributed by atoms with Gasteiger partial charge in [-0.3, -0.25) is 10.1 Å². The van der Waals surface area contributed by atoms with Gasteiger partial charge in [-0.2, -0.15) is 5.10 Å². The summed E-state index contributed by atoms with van der Waals surface area (Å²) in [5.41, 5.74) is 0.421. The SMILES string of the molecule is CCn1nc(C)c([N+](=O)[O-])c1NCC(C)(C)CCCO. The van der Waals surface area contributed by atoms with E-state index in [9.17, 15) is 10.1 Å². The van der Waals surface area contributed by atoms with E-state index in [-0.39, 0.29) is 17.7 Å². The van der Waals surface area contributed by atoms with Gasteiger partial charge in [-0.05, 0) is 32.1 Å². The lowest BCUT2D eigenvalue weighted by molar-refractivity contribution is -0.384. The van der Waals surface area contributed by atoms with Gasteiger partial charge in [-0.25, -0.2) is 4.68 Å². The van der Waals surface area contributed by atoms with Crippen LogP contribution in [0.3, 0.4) is 0 Å². The molecule has 0 fully saturated rings. The number of aliphatic hydroxyl groups is 1. The summed E-state index contributed by atoms with van der Waals surface area (Å²) in [6, 6.07) is 0. The summed E-state index contributed by atoms with van der Waals surface area (Å²) in [4.78, 5) is 10.8. The van der Waals surface area contributed by atoms with Gasteiger partial charge in [0.15, 0.2) is 0 Å². The molecule has 0 atom stereocenters. The fourth-order valence-electron chi connectivity index (χ4n) is 2.16. The Kier molecular flexibility index (Phi) is 5.50. The van der Waals surface area contributed by atoms with Gasteiger partial charge < -0.3 is 10.4 Å². The molecule has 1 aromatic rings. The van der Waals surface area contributed by atoms with Crippen molar-refractivity contribution in [1.29, 1.82) is 0 Å². The minimum Gasteiger partial charge on any atom is -0.396 e. The lowest BCUT2D eigenvalue weighted by Gasteiger charge is -2.25. The van der Waals surface area contributed by atoms with E-state index in [0.717, 1.165) is 12.8 Å². The highest BCUT2D eigenvalue weighted by Crippen LogP contribution is 2.30. The van der Waals surface area contributed by atoms with Crippen molar-refractivity contribution in [3.63, 3.8) is 0 Å². The van der Waals surface area contributed by atoms with Crippen molar-refractivity contribution >= 4 is 11.5 Å². The fourth-order valence-corrected chi connectivity index (χ4v) is 2.16. The molecule has 0 aromatic carbocycles. The molecule has 0 spiro atoms. The minimum absolute atomic E-state index is 0.0461. The topological polar surface area (TPSA) is 93.2 Å². The van der Waals surface area contributed by atoms with E-state index >= 15 is 0 Å². The third-order valence-corrected chi connectivity index (χ3v) is 3.32. The molecule has 114 valence electrons. The zero-order chi connectivity index (χ0) is 15.3. The van der Waals surface area contributed by atoms with Gasteiger partial charge in [0.2, 0.25) is 5.82 Å². The highest BCUT2D eigenvalue weighted by Gasteiger charge is 2.26. The second kappa shape index (κ2) is 6.69. The molecule has 7 nitrogen and oxygen atoms in total. The maximum absolute atomic E-state index is 11.1. The molecule has 0 radical (unpaired) electrons. The summed E-state index contributed by atoms with van der Waals surface area (Å²) < 4.78 is 1.62. The van der Waals surface area contributed by atoms with Gasteiger partial charge in [0.1, 0.15) is 5.69 Å². The van der Waals surface area contributed by atoms with Crippen LogP contribution in [0.2, 0.25) is 0 Å². The molecule has 0 aliphatic heterocycles. The van der Waals surface area contributed by atoms with Crippen LogP contribution in [-0.2, 0) is 6.54 Å². The fraction of sp³-hybridized carbons (Fsp3) is 0.769. The summed E-state index contributed by atoms with van der Waals surface area (Å²) in [5.74, 6) is 0.465. The Balaban J connectivity index is 2.88. The number of nitrogens with one attached hydrogen (secondary N) is 1. The van der Waals surface area contributed by atoms with E-state index in [2.05, 4.69) is 24.3 Å². The molecule has 0 amide bonds. The van der Waals surface area contributed by atoms with Crippen LogP contribution in [0.4, 0.5) is 11.5 Å². The van der Waals surface area contributed by atoms with E-state index in [4.69, 9.17) is 5.11 Å². The molecule has 20 heavy (non-hydrogen) atoms. The number of rotatable bonds is 8. The quantitative estimate of drug-likeness (QED) is 0.564. The Morgan fingerprint density at radius 3 is 2.65 bits per heavy atom. The smallest absolute Gasteiger partial charge is 0.333 e. The summed E-state index contributed by atoms with van der Waals surface area (Å²) in [6.07, 6.45) is 1.58. The molecule has 0 unspecified atom stereocenters. The molecular weight excluding hydrogens is 260 g/mol. The molecule has 1 rings (SSSR count). The van der Waals surface area contributed by atoms with Gasteiger partial charge in [0, 0.05) is 19.7 Å². The van der Waals surface area contributed by atoms with Crippen molar-refractivity contribution in [2.24, 2.45) is 5.41 Å². The van der Waals surface area contributed by atoms with Crippen LogP contribution in [0.25, 0.3) is 0 Å². The first-order chi connectivity index (χ1) is 9.32. The van der Waals surface area contributed by atoms with Crippen LogP contribution in [0, 0.1) is 22.5 Å². The second-order valence-corrected chi connectivity index (χ2v) is 5.70. The van der Waals surface area contributed by atoms with E-state index in [1.165, 1.54) is 0 Å². The average Bonchev–Trinajstić information content (AvgIpc) is 2.70. The highest BCUT2D eigenvalue weighted by molar-refractivity contribution is 5.59. The van der Waals surface area contributed by atoms with Crippen LogP contribution in [0.1, 0.15) is 39.3 Å². The van der Waals surface area contributed by atoms with Crippen LogP contribution in [-0.4, -0.2) is 33.0 Å². The van der Waals surface area contributed by atoms with Gasteiger partial charge in [0.25, 0.3) is 0 Å². The third kappa shape index (κ3) is 3.93. The Bertz CT molecular complexity index is 468. The van der Waals surface area contributed by atoms with Gasteiger partial charge in [0.05, 0.1) is 4.92 Å². The maximum Gasteiger partial charge on any atom is 0.333 e. The standard InChI is InChI=1S/C13H24N4O3/c1-5-16-12(11(17(19)20)10(2)15-16)14-9-13(3,4)7-6-8-18/h14,18H,5-9H2,1-4H3. The van der Waals surface area contributed by atoms with Crippen LogP contribution in [0.15, 0.2) is 0 Å². The van der Waals surface area contributed by atoms with E-state index < -0.39 is 4.92 Å². The number of aromatic nitrogens is 2. The number of nitro groups is 1. The van der Waals surface area contributed by atoms with E-state index in [1.54, 1.807) is 11.6 Å².